The van der Waals surface area contributed by atoms with Crippen molar-refractivity contribution < 1.29 is 23.3 Å². The van der Waals surface area contributed by atoms with Crippen molar-refractivity contribution >= 4 is 17.7 Å². The van der Waals surface area contributed by atoms with Crippen molar-refractivity contribution in [3.8, 4) is 0 Å². The summed E-state index contributed by atoms with van der Waals surface area (Å²) in [7, 11) is 0. The Labute approximate surface area is 125 Å². The van der Waals surface area contributed by atoms with Crippen LogP contribution in [0.25, 0.3) is 0 Å². The lowest BCUT2D eigenvalue weighted by Gasteiger charge is -2.23. The first kappa shape index (κ1) is 16.2. The van der Waals surface area contributed by atoms with Crippen molar-refractivity contribution in [3.63, 3.8) is 0 Å². The lowest BCUT2D eigenvalue weighted by Crippen LogP contribution is -2.85. The molecule has 1 aliphatic heterocycles. The van der Waals surface area contributed by atoms with E-state index in [-0.39, 0.29) is 11.3 Å². The Morgan fingerprint density at radius 2 is 2.00 bits per heavy atom. The number of nitrogens with two attached hydrogens (primary N) is 1. The van der Waals surface area contributed by atoms with E-state index in [1.807, 2.05) is 6.92 Å². The monoisotopic (exact) mass is 319 g/mol. The number of alkyl halides is 3. The molecule has 1 fully saturated rings. The number of nitrogens with zero attached hydrogens (tertiary/aromatic N) is 1. The normalized spacial score (nSPS) is 19.3. The Bertz CT molecular complexity index is 490. The summed E-state index contributed by atoms with van der Waals surface area (Å²) in [6.45, 7) is 4.40. The molecule has 1 aliphatic rings. The SMILES string of the molecule is CC[NH2+]CCN1C(=O)CS[C@@H]1c1ccc(C(F)(F)F)cc1. The van der Waals surface area contributed by atoms with Gasteiger partial charge < -0.3 is 10.2 Å². The van der Waals surface area contributed by atoms with Crippen molar-refractivity contribution in [2.24, 2.45) is 0 Å². The van der Waals surface area contributed by atoms with Gasteiger partial charge in [0.2, 0.25) is 5.91 Å². The van der Waals surface area contributed by atoms with Gasteiger partial charge in [-0.05, 0) is 24.6 Å². The highest BCUT2D eigenvalue weighted by atomic mass is 32.2. The second-order valence-electron chi connectivity index (χ2n) is 4.86. The third-order valence-corrected chi connectivity index (χ3v) is 4.61. The van der Waals surface area contributed by atoms with Crippen LogP contribution in [-0.4, -0.2) is 36.2 Å². The summed E-state index contributed by atoms with van der Waals surface area (Å²) in [6, 6.07) is 5.09. The van der Waals surface area contributed by atoms with E-state index in [1.165, 1.54) is 23.9 Å². The predicted molar refractivity (Wildman–Crippen MR) is 75.7 cm³/mol. The number of rotatable bonds is 5. The number of hydrogen-bond acceptors (Lipinski definition) is 2. The number of hydrogen-bond donors (Lipinski definition) is 1. The molecular formula is C14H18F3N2OS+. The maximum Gasteiger partial charge on any atom is 0.416 e. The zero-order chi connectivity index (χ0) is 15.5. The third-order valence-electron chi connectivity index (χ3n) is 3.35. The zero-order valence-electron chi connectivity index (χ0n) is 11.7. The van der Waals surface area contributed by atoms with E-state index in [2.05, 4.69) is 5.32 Å². The second kappa shape index (κ2) is 6.70. The van der Waals surface area contributed by atoms with Crippen molar-refractivity contribution in [1.29, 1.82) is 0 Å². The molecule has 2 N–H and O–H groups in total. The summed E-state index contributed by atoms with van der Waals surface area (Å²) in [5.41, 5.74) is 0.0850. The Morgan fingerprint density at radius 1 is 1.33 bits per heavy atom. The molecule has 0 bridgehead atoms. The fourth-order valence-electron chi connectivity index (χ4n) is 2.24. The molecule has 0 saturated carbocycles. The topological polar surface area (TPSA) is 36.9 Å². The standard InChI is InChI=1S/C14H17F3N2OS/c1-2-18-7-8-19-12(20)9-21-13(19)10-3-5-11(6-4-10)14(15,16)17/h3-6,13,18H,2,7-9H2,1H3/p+1/t13-/m1/s1. The van der Waals surface area contributed by atoms with Crippen molar-refractivity contribution in [2.75, 3.05) is 25.4 Å². The van der Waals surface area contributed by atoms with Gasteiger partial charge in [0.05, 0.1) is 31.0 Å². The quantitative estimate of drug-likeness (QED) is 0.841. The molecule has 116 valence electrons. The highest BCUT2D eigenvalue weighted by molar-refractivity contribution is 8.00. The average Bonchev–Trinajstić information content (AvgIpc) is 2.80. The molecule has 1 aromatic rings. The molecule has 0 radical (unpaired) electrons. The summed E-state index contributed by atoms with van der Waals surface area (Å²) in [6.07, 6.45) is -4.33. The van der Waals surface area contributed by atoms with E-state index in [1.54, 1.807) is 4.90 Å². The molecule has 1 heterocycles. The van der Waals surface area contributed by atoms with E-state index < -0.39 is 11.7 Å². The van der Waals surface area contributed by atoms with Gasteiger partial charge in [-0.3, -0.25) is 4.79 Å². The van der Waals surface area contributed by atoms with Crippen LogP contribution in [0.1, 0.15) is 23.4 Å². The first-order chi connectivity index (χ1) is 9.93. The van der Waals surface area contributed by atoms with Gasteiger partial charge >= 0.3 is 6.18 Å². The van der Waals surface area contributed by atoms with Gasteiger partial charge in [-0.15, -0.1) is 11.8 Å². The Balaban J connectivity index is 2.10. The number of thioether (sulfide) groups is 1. The van der Waals surface area contributed by atoms with E-state index >= 15 is 0 Å². The van der Waals surface area contributed by atoms with Gasteiger partial charge in [-0.1, -0.05) is 12.1 Å². The molecule has 1 atom stereocenters. The van der Waals surface area contributed by atoms with Gasteiger partial charge in [-0.25, -0.2) is 0 Å². The average molecular weight is 319 g/mol. The smallest absolute Gasteiger partial charge is 0.345 e. The van der Waals surface area contributed by atoms with E-state index in [0.29, 0.717) is 12.3 Å². The summed E-state index contributed by atoms with van der Waals surface area (Å²) in [5.74, 6) is 0.437. The molecule has 0 aliphatic carbocycles. The fraction of sp³-hybridized carbons (Fsp3) is 0.500. The van der Waals surface area contributed by atoms with Crippen LogP contribution < -0.4 is 5.32 Å². The Kier molecular flexibility index (Phi) is 5.16. The molecule has 0 aromatic heterocycles. The first-order valence-corrected chi connectivity index (χ1v) is 7.88. The van der Waals surface area contributed by atoms with Gasteiger partial charge in [-0.2, -0.15) is 13.2 Å². The molecule has 1 amide bonds. The van der Waals surface area contributed by atoms with Crippen LogP contribution in [0.3, 0.4) is 0 Å². The minimum absolute atomic E-state index is 0.0504. The van der Waals surface area contributed by atoms with Crippen LogP contribution in [0.15, 0.2) is 24.3 Å². The fourth-order valence-corrected chi connectivity index (χ4v) is 3.46. The lowest BCUT2D eigenvalue weighted by atomic mass is 10.1. The predicted octanol–water partition coefficient (Wildman–Crippen LogP) is 1.86. The number of benzene rings is 1. The molecule has 1 saturated heterocycles. The number of quaternary nitrogens is 1. The highest BCUT2D eigenvalue weighted by Gasteiger charge is 2.34. The first-order valence-electron chi connectivity index (χ1n) is 6.83. The van der Waals surface area contributed by atoms with Crippen molar-refractivity contribution in [1.82, 2.24) is 4.90 Å². The summed E-state index contributed by atoms with van der Waals surface area (Å²) >= 11 is 1.46. The number of carbonyl (C=O) groups excluding carboxylic acids is 1. The minimum atomic E-state index is -4.33. The van der Waals surface area contributed by atoms with Crippen LogP contribution >= 0.6 is 11.8 Å². The van der Waals surface area contributed by atoms with Crippen molar-refractivity contribution in [2.45, 2.75) is 18.5 Å². The Hall–Kier alpha value is -1.21. The maximum absolute atomic E-state index is 12.6. The number of carbonyl (C=O) groups is 1. The van der Waals surface area contributed by atoms with Crippen LogP contribution in [-0.2, 0) is 11.0 Å². The molecule has 21 heavy (non-hydrogen) atoms. The summed E-state index contributed by atoms with van der Waals surface area (Å²) < 4.78 is 37.7. The van der Waals surface area contributed by atoms with Crippen LogP contribution in [0.4, 0.5) is 13.2 Å². The minimum Gasteiger partial charge on any atom is -0.345 e. The largest absolute Gasteiger partial charge is 0.416 e. The van der Waals surface area contributed by atoms with Crippen LogP contribution in [0, 0.1) is 0 Å². The number of likely N-dealkylation sites (N-methyl/N-ethyl adjacent to an activating group) is 1. The molecule has 0 spiro atoms. The van der Waals surface area contributed by atoms with Crippen LogP contribution in [0.5, 0.6) is 0 Å². The second-order valence-corrected chi connectivity index (χ2v) is 5.92. The third kappa shape index (κ3) is 3.91. The molecule has 3 nitrogen and oxygen atoms in total. The van der Waals surface area contributed by atoms with Crippen LogP contribution in [0.2, 0.25) is 0 Å². The zero-order valence-corrected chi connectivity index (χ0v) is 12.5. The summed E-state index contributed by atoms with van der Waals surface area (Å²) in [4.78, 5) is 13.6. The highest BCUT2D eigenvalue weighted by Crippen LogP contribution is 2.39. The summed E-state index contributed by atoms with van der Waals surface area (Å²) in [5, 5.41) is 1.92. The molecule has 7 heteroatoms. The van der Waals surface area contributed by atoms with Gasteiger partial charge in [0.25, 0.3) is 0 Å². The Morgan fingerprint density at radius 3 is 2.57 bits per heavy atom. The van der Waals surface area contributed by atoms with E-state index in [9.17, 15) is 18.0 Å². The number of amides is 1. The maximum atomic E-state index is 12.6. The molecule has 2 rings (SSSR count). The molecule has 0 unspecified atom stereocenters. The lowest BCUT2D eigenvalue weighted by molar-refractivity contribution is -0.651. The molecule has 1 aromatic carbocycles. The number of halogens is 3. The van der Waals surface area contributed by atoms with Crippen molar-refractivity contribution in [3.05, 3.63) is 35.4 Å². The molecular weight excluding hydrogens is 301 g/mol. The van der Waals surface area contributed by atoms with Gasteiger partial charge in [0, 0.05) is 0 Å². The van der Waals surface area contributed by atoms with Gasteiger partial charge in [0.15, 0.2) is 0 Å². The van der Waals surface area contributed by atoms with E-state index in [4.69, 9.17) is 0 Å². The van der Waals surface area contributed by atoms with E-state index in [0.717, 1.165) is 30.8 Å². The van der Waals surface area contributed by atoms with Gasteiger partial charge in [0.1, 0.15) is 5.37 Å².